The Kier molecular flexibility index (Phi) is 7.01. The number of nitrogens with two attached hydrogens (primary N) is 1. The van der Waals surface area contributed by atoms with Gasteiger partial charge < -0.3 is 29.6 Å². The van der Waals surface area contributed by atoms with E-state index in [1.54, 1.807) is 30.1 Å². The fourth-order valence-electron chi connectivity index (χ4n) is 3.34. The molecule has 3 aromatic rings. The van der Waals surface area contributed by atoms with Gasteiger partial charge in [0.05, 0.1) is 6.54 Å². The van der Waals surface area contributed by atoms with Crippen molar-refractivity contribution in [3.63, 3.8) is 0 Å². The number of hydrogen-bond acceptors (Lipinski definition) is 10. The maximum absolute atomic E-state index is 10.8. The fourth-order valence-corrected chi connectivity index (χ4v) is 4.28. The van der Waals surface area contributed by atoms with Crippen LogP contribution >= 0.6 is 8.53 Å². The Bertz CT molecular complexity index is 1150. The second-order valence-corrected chi connectivity index (χ2v) is 8.22. The molecule has 0 spiro atoms. The monoisotopic (exact) mass is 469 g/mol. The minimum Gasteiger partial charge on any atom is -0.471 e. The van der Waals surface area contributed by atoms with Crippen molar-refractivity contribution >= 4 is 37.7 Å². The fraction of sp³-hybridized carbons (Fsp3) is 0.238. The molecule has 0 radical (unpaired) electrons. The first-order chi connectivity index (χ1) is 16.1. The van der Waals surface area contributed by atoms with Gasteiger partial charge in [0, 0.05) is 19.4 Å². The predicted molar refractivity (Wildman–Crippen MR) is 125 cm³/mol. The molecular formula is C21H24N7O4P. The molecule has 4 N–H and O–H groups in total. The number of imidazole rings is 1. The number of aromatic nitrogens is 4. The molecule has 33 heavy (non-hydrogen) atoms. The van der Waals surface area contributed by atoms with Crippen LogP contribution in [0.4, 0.5) is 11.8 Å². The van der Waals surface area contributed by atoms with Crippen molar-refractivity contribution < 1.29 is 18.6 Å². The Hall–Kier alpha value is -3.69. The van der Waals surface area contributed by atoms with Crippen LogP contribution in [-0.2, 0) is 14.1 Å². The highest BCUT2D eigenvalue weighted by Gasteiger charge is 2.34. The standard InChI is InChI=1S/C21H24N7O4P/c1-3-14-11-16(12-30-33(25-9-10-29)32-15-7-5-4-6-8-15)31-20(14)28-13-24-17-18(23-2)26-21(22)27-19(17)28/h3-8,10,12-14,20,25H,1,9,11H2,2H3,(H3,22,23,26,27)/b16-12+. The molecule has 11 nitrogen and oxygen atoms in total. The maximum Gasteiger partial charge on any atom is 0.381 e. The Morgan fingerprint density at radius 2 is 2.18 bits per heavy atom. The first-order valence-electron chi connectivity index (χ1n) is 10.2. The third-order valence-corrected chi connectivity index (χ3v) is 5.96. The molecule has 0 bridgehead atoms. The Morgan fingerprint density at radius 1 is 1.36 bits per heavy atom. The Labute approximate surface area is 191 Å². The number of rotatable bonds is 10. The van der Waals surface area contributed by atoms with Crippen LogP contribution in [-0.4, -0.2) is 39.4 Å². The molecule has 1 aliphatic rings. The van der Waals surface area contributed by atoms with E-state index in [0.29, 0.717) is 34.9 Å². The topological polar surface area (TPSA) is 138 Å². The van der Waals surface area contributed by atoms with Gasteiger partial charge in [-0.3, -0.25) is 4.57 Å². The van der Waals surface area contributed by atoms with Crippen LogP contribution in [0.15, 0.2) is 61.3 Å². The van der Waals surface area contributed by atoms with E-state index in [0.717, 1.165) is 6.29 Å². The minimum absolute atomic E-state index is 0.0596. The van der Waals surface area contributed by atoms with Crippen LogP contribution < -0.4 is 20.7 Å². The number of benzene rings is 1. The van der Waals surface area contributed by atoms with Crippen molar-refractivity contribution in [1.82, 2.24) is 24.6 Å². The zero-order valence-electron chi connectivity index (χ0n) is 17.9. The Balaban J connectivity index is 1.53. The van der Waals surface area contributed by atoms with Gasteiger partial charge in [-0.2, -0.15) is 9.97 Å². The number of para-hydroxylation sites is 1. The molecule has 4 rings (SSSR count). The molecule has 0 saturated carbocycles. The summed E-state index contributed by atoms with van der Waals surface area (Å²) in [5.41, 5.74) is 7.00. The molecule has 12 heteroatoms. The van der Waals surface area contributed by atoms with Crippen molar-refractivity contribution in [2.24, 2.45) is 5.92 Å². The number of nitrogens with one attached hydrogen (secondary N) is 2. The summed E-state index contributed by atoms with van der Waals surface area (Å²) >= 11 is 0. The summed E-state index contributed by atoms with van der Waals surface area (Å²) in [5.74, 6) is 1.83. The first kappa shape index (κ1) is 22.5. The van der Waals surface area contributed by atoms with Gasteiger partial charge in [-0.1, -0.05) is 24.3 Å². The molecule has 1 fully saturated rings. The maximum atomic E-state index is 10.8. The lowest BCUT2D eigenvalue weighted by Crippen LogP contribution is -2.14. The van der Waals surface area contributed by atoms with Crippen LogP contribution in [0.1, 0.15) is 12.6 Å². The summed E-state index contributed by atoms with van der Waals surface area (Å²) in [6.45, 7) is 4.03. The second kappa shape index (κ2) is 10.3. The van der Waals surface area contributed by atoms with E-state index < -0.39 is 14.8 Å². The van der Waals surface area contributed by atoms with Gasteiger partial charge in [0.2, 0.25) is 5.95 Å². The van der Waals surface area contributed by atoms with Crippen LogP contribution in [0.3, 0.4) is 0 Å². The highest BCUT2D eigenvalue weighted by Crippen LogP contribution is 2.41. The summed E-state index contributed by atoms with van der Waals surface area (Å²) in [6.07, 6.45) is 5.81. The number of nitrogen functional groups attached to an aromatic ring is 1. The van der Waals surface area contributed by atoms with Gasteiger partial charge in [-0.05, 0) is 12.1 Å². The molecule has 1 aromatic carbocycles. The molecule has 3 heterocycles. The zero-order valence-corrected chi connectivity index (χ0v) is 18.8. The zero-order chi connectivity index (χ0) is 23.2. The lowest BCUT2D eigenvalue weighted by atomic mass is 10.1. The number of anilines is 2. The number of nitrogens with zero attached hydrogens (tertiary/aromatic N) is 4. The average Bonchev–Trinajstić information content (AvgIpc) is 3.44. The summed E-state index contributed by atoms with van der Waals surface area (Å²) < 4.78 is 19.6. The normalized spacial score (nSPS) is 19.7. The SMILES string of the molecule is C=CC1C/C(=C\OP(NCC=O)Oc2ccccc2)OC1n1cnc2c(NC)nc(N)nc21. The molecule has 2 aromatic heterocycles. The van der Waals surface area contributed by atoms with Crippen LogP contribution in [0.25, 0.3) is 11.2 Å². The smallest absolute Gasteiger partial charge is 0.381 e. The number of aldehydes is 1. The molecular weight excluding hydrogens is 445 g/mol. The number of ether oxygens (including phenoxy) is 1. The molecule has 0 aliphatic carbocycles. The minimum atomic E-state index is -1.60. The largest absolute Gasteiger partial charge is 0.471 e. The van der Waals surface area contributed by atoms with Gasteiger partial charge >= 0.3 is 8.53 Å². The number of fused-ring (bicyclic) bond motifs is 1. The molecule has 3 atom stereocenters. The van der Waals surface area contributed by atoms with Crippen molar-refractivity contribution in [3.05, 3.63) is 61.3 Å². The van der Waals surface area contributed by atoms with Crippen molar-refractivity contribution in [2.45, 2.75) is 12.6 Å². The molecule has 1 saturated heterocycles. The third-order valence-electron chi connectivity index (χ3n) is 4.84. The van der Waals surface area contributed by atoms with Crippen LogP contribution in [0, 0.1) is 5.92 Å². The highest BCUT2D eigenvalue weighted by atomic mass is 31.2. The van der Waals surface area contributed by atoms with Gasteiger partial charge in [-0.25, -0.2) is 10.1 Å². The van der Waals surface area contributed by atoms with E-state index in [4.69, 9.17) is 19.5 Å². The second-order valence-electron chi connectivity index (χ2n) is 7.00. The van der Waals surface area contributed by atoms with E-state index in [-0.39, 0.29) is 18.4 Å². The van der Waals surface area contributed by atoms with E-state index in [1.807, 2.05) is 24.3 Å². The summed E-state index contributed by atoms with van der Waals surface area (Å²) in [7, 11) is 0.137. The molecule has 0 amide bonds. The summed E-state index contributed by atoms with van der Waals surface area (Å²) in [6, 6.07) is 9.21. The van der Waals surface area contributed by atoms with E-state index in [9.17, 15) is 4.79 Å². The number of hydrogen-bond donors (Lipinski definition) is 3. The molecule has 172 valence electrons. The van der Waals surface area contributed by atoms with Gasteiger partial charge in [0.15, 0.2) is 23.2 Å². The van der Waals surface area contributed by atoms with Crippen LogP contribution in [0.5, 0.6) is 5.75 Å². The number of carbonyl (C=O) groups excluding carboxylic acids is 1. The van der Waals surface area contributed by atoms with Gasteiger partial charge in [-0.15, -0.1) is 6.58 Å². The van der Waals surface area contributed by atoms with E-state index >= 15 is 0 Å². The van der Waals surface area contributed by atoms with E-state index in [2.05, 4.69) is 31.9 Å². The Morgan fingerprint density at radius 3 is 2.91 bits per heavy atom. The lowest BCUT2D eigenvalue weighted by molar-refractivity contribution is -0.106. The first-order valence-corrected chi connectivity index (χ1v) is 11.3. The molecule has 1 aliphatic heterocycles. The van der Waals surface area contributed by atoms with Crippen molar-refractivity contribution in [3.8, 4) is 5.75 Å². The van der Waals surface area contributed by atoms with Crippen LogP contribution in [0.2, 0.25) is 0 Å². The highest BCUT2D eigenvalue weighted by molar-refractivity contribution is 7.45. The summed E-state index contributed by atoms with van der Waals surface area (Å²) in [5, 5.41) is 5.90. The number of carbonyl (C=O) groups is 1. The summed E-state index contributed by atoms with van der Waals surface area (Å²) in [4.78, 5) is 23.7. The average molecular weight is 469 g/mol. The van der Waals surface area contributed by atoms with E-state index in [1.165, 1.54) is 6.26 Å². The van der Waals surface area contributed by atoms with Gasteiger partial charge in [0.1, 0.15) is 30.4 Å². The van der Waals surface area contributed by atoms with Gasteiger partial charge in [0.25, 0.3) is 0 Å². The predicted octanol–water partition coefficient (Wildman–Crippen LogP) is 3.12. The van der Waals surface area contributed by atoms with Crippen molar-refractivity contribution in [1.29, 1.82) is 0 Å². The van der Waals surface area contributed by atoms with Crippen molar-refractivity contribution in [2.75, 3.05) is 24.6 Å². The molecule has 3 unspecified atom stereocenters. The number of allylic oxidation sites excluding steroid dienone is 1. The lowest BCUT2D eigenvalue weighted by Gasteiger charge is -2.18. The third kappa shape index (κ3) is 5.05. The quantitative estimate of drug-likeness (QED) is 0.176.